The van der Waals surface area contributed by atoms with Crippen molar-refractivity contribution in [2.24, 2.45) is 0 Å². The molecule has 0 saturated carbocycles. The zero-order chi connectivity index (χ0) is 15.6. The lowest BCUT2D eigenvalue weighted by Gasteiger charge is -2.14. The third-order valence-corrected chi connectivity index (χ3v) is 3.18. The molecule has 1 atom stereocenters. The van der Waals surface area contributed by atoms with Crippen LogP contribution in [0.1, 0.15) is 32.6 Å². The van der Waals surface area contributed by atoms with Gasteiger partial charge in [0.05, 0.1) is 6.26 Å². The molecule has 0 fully saturated rings. The number of aliphatic carboxylic acids is 1. The summed E-state index contributed by atoms with van der Waals surface area (Å²) in [6.07, 6.45) is 3.43. The first-order chi connectivity index (χ1) is 9.26. The predicted octanol–water partition coefficient (Wildman–Crippen LogP) is -0.132. The van der Waals surface area contributed by atoms with Crippen molar-refractivity contribution < 1.29 is 23.1 Å². The fraction of sp³-hybridized carbons (Fsp3) is 0.818. The molecule has 0 bridgehead atoms. The van der Waals surface area contributed by atoms with Crippen LogP contribution in [-0.4, -0.2) is 50.9 Å². The van der Waals surface area contributed by atoms with E-state index in [1.165, 1.54) is 0 Å². The average Bonchev–Trinajstić information content (AvgIpc) is 2.32. The Morgan fingerprint density at radius 1 is 1.20 bits per heavy atom. The van der Waals surface area contributed by atoms with E-state index in [0.29, 0.717) is 12.8 Å². The number of hydrogen-bond donors (Lipinski definition) is 4. The largest absolute Gasteiger partial charge is 0.480 e. The van der Waals surface area contributed by atoms with Crippen molar-refractivity contribution in [2.45, 2.75) is 38.6 Å². The molecule has 0 unspecified atom stereocenters. The molecule has 0 aliphatic carbocycles. The number of carbonyl (C=O) groups excluding carboxylic acids is 1. The molecule has 0 aromatic carbocycles. The van der Waals surface area contributed by atoms with E-state index >= 15 is 0 Å². The maximum atomic E-state index is 11.5. The third kappa shape index (κ3) is 10.6. The summed E-state index contributed by atoms with van der Waals surface area (Å²) < 4.78 is 23.8. The van der Waals surface area contributed by atoms with Gasteiger partial charge in [0, 0.05) is 13.1 Å². The Morgan fingerprint density at radius 3 is 2.35 bits per heavy atom. The summed E-state index contributed by atoms with van der Waals surface area (Å²) in [4.78, 5) is 22.4. The second-order valence-corrected chi connectivity index (χ2v) is 6.29. The van der Waals surface area contributed by atoms with Crippen LogP contribution < -0.4 is 15.4 Å². The lowest BCUT2D eigenvalue weighted by molar-refractivity contribution is -0.139. The first kappa shape index (κ1) is 18.7. The molecule has 0 aliphatic rings. The number of carboxylic acids is 1. The van der Waals surface area contributed by atoms with E-state index in [1.54, 1.807) is 0 Å². The topological polar surface area (TPSA) is 125 Å². The lowest BCUT2D eigenvalue weighted by Crippen LogP contribution is -2.46. The summed E-state index contributed by atoms with van der Waals surface area (Å²) in [5, 5.41) is 13.8. The highest BCUT2D eigenvalue weighted by Gasteiger charge is 2.18. The molecule has 118 valence electrons. The van der Waals surface area contributed by atoms with Crippen LogP contribution in [0.2, 0.25) is 0 Å². The zero-order valence-corrected chi connectivity index (χ0v) is 12.6. The van der Waals surface area contributed by atoms with Crippen LogP contribution in [0.5, 0.6) is 0 Å². The number of unbranched alkanes of at least 4 members (excludes halogenated alkanes) is 1. The highest BCUT2D eigenvalue weighted by Crippen LogP contribution is 2.00. The van der Waals surface area contributed by atoms with Gasteiger partial charge in [-0.2, -0.15) is 0 Å². The number of sulfonamides is 1. The van der Waals surface area contributed by atoms with Gasteiger partial charge in [-0.1, -0.05) is 19.8 Å². The number of rotatable bonds is 10. The van der Waals surface area contributed by atoms with E-state index in [2.05, 4.69) is 15.4 Å². The van der Waals surface area contributed by atoms with Crippen LogP contribution in [0.3, 0.4) is 0 Å². The minimum atomic E-state index is -3.22. The van der Waals surface area contributed by atoms with E-state index in [9.17, 15) is 18.0 Å². The molecule has 0 aromatic heterocycles. The second kappa shape index (κ2) is 9.54. The average molecular weight is 309 g/mol. The zero-order valence-electron chi connectivity index (χ0n) is 11.8. The molecule has 0 aliphatic heterocycles. The molecule has 4 N–H and O–H groups in total. The van der Waals surface area contributed by atoms with Crippen molar-refractivity contribution in [3.05, 3.63) is 0 Å². The Morgan fingerprint density at radius 2 is 1.85 bits per heavy atom. The summed E-state index contributed by atoms with van der Waals surface area (Å²) in [5.74, 6) is -1.06. The fourth-order valence-electron chi connectivity index (χ4n) is 1.42. The maximum absolute atomic E-state index is 11.5. The van der Waals surface area contributed by atoms with Crippen LogP contribution >= 0.6 is 0 Å². The van der Waals surface area contributed by atoms with Gasteiger partial charge in [-0.3, -0.25) is 0 Å². The number of urea groups is 1. The number of hydrogen-bond acceptors (Lipinski definition) is 4. The number of carboxylic acid groups (broad SMARTS) is 1. The van der Waals surface area contributed by atoms with Crippen LogP contribution in [0.15, 0.2) is 0 Å². The molecular weight excluding hydrogens is 286 g/mol. The molecule has 8 nitrogen and oxygen atoms in total. The molecule has 2 amide bonds. The van der Waals surface area contributed by atoms with Gasteiger partial charge in [0.1, 0.15) is 6.04 Å². The Labute approximate surface area is 119 Å². The van der Waals surface area contributed by atoms with Gasteiger partial charge >= 0.3 is 12.0 Å². The molecule has 0 saturated heterocycles. The molecule has 0 aromatic rings. The smallest absolute Gasteiger partial charge is 0.326 e. The van der Waals surface area contributed by atoms with Gasteiger partial charge in [-0.05, 0) is 12.8 Å². The normalized spacial score (nSPS) is 12.7. The van der Waals surface area contributed by atoms with Crippen molar-refractivity contribution in [1.82, 2.24) is 15.4 Å². The number of carbonyl (C=O) groups is 2. The lowest BCUT2D eigenvalue weighted by atomic mass is 10.1. The van der Waals surface area contributed by atoms with E-state index < -0.39 is 28.1 Å². The number of nitrogens with one attached hydrogen (secondary N) is 3. The predicted molar refractivity (Wildman–Crippen MR) is 74.9 cm³/mol. The first-order valence-corrected chi connectivity index (χ1v) is 8.37. The van der Waals surface area contributed by atoms with Crippen molar-refractivity contribution in [3.8, 4) is 0 Å². The van der Waals surface area contributed by atoms with Gasteiger partial charge in [-0.25, -0.2) is 22.7 Å². The van der Waals surface area contributed by atoms with E-state index in [-0.39, 0.29) is 13.1 Å². The summed E-state index contributed by atoms with van der Waals surface area (Å²) in [7, 11) is -3.22. The molecule has 0 rings (SSSR count). The standard InChI is InChI=1S/C11H23N3O5S/c1-3-4-6-9(10(15)16)14-11(17)12-7-5-8-13-20(2,18)19/h9,13H,3-8H2,1-2H3,(H,15,16)(H2,12,14,17)/t9-/m0/s1. The minimum absolute atomic E-state index is 0.220. The third-order valence-electron chi connectivity index (χ3n) is 2.45. The van der Waals surface area contributed by atoms with E-state index in [4.69, 9.17) is 5.11 Å². The van der Waals surface area contributed by atoms with Gasteiger partial charge in [-0.15, -0.1) is 0 Å². The molecule has 9 heteroatoms. The molecule has 0 spiro atoms. The quantitative estimate of drug-likeness (QED) is 0.418. The highest BCUT2D eigenvalue weighted by molar-refractivity contribution is 7.88. The summed E-state index contributed by atoms with van der Waals surface area (Å²) in [5.41, 5.74) is 0. The molecule has 20 heavy (non-hydrogen) atoms. The molecular formula is C11H23N3O5S. The maximum Gasteiger partial charge on any atom is 0.326 e. The van der Waals surface area contributed by atoms with Crippen molar-refractivity contribution >= 4 is 22.0 Å². The van der Waals surface area contributed by atoms with Gasteiger partial charge in [0.25, 0.3) is 0 Å². The van der Waals surface area contributed by atoms with Crippen molar-refractivity contribution in [1.29, 1.82) is 0 Å². The molecule has 0 radical (unpaired) electrons. The van der Waals surface area contributed by atoms with Gasteiger partial charge < -0.3 is 15.7 Å². The van der Waals surface area contributed by atoms with Crippen LogP contribution in [0, 0.1) is 0 Å². The minimum Gasteiger partial charge on any atom is -0.480 e. The number of amides is 2. The second-order valence-electron chi connectivity index (χ2n) is 4.45. The molecule has 0 heterocycles. The van der Waals surface area contributed by atoms with Gasteiger partial charge in [0.2, 0.25) is 10.0 Å². The monoisotopic (exact) mass is 309 g/mol. The Balaban J connectivity index is 3.88. The van der Waals surface area contributed by atoms with Gasteiger partial charge in [0.15, 0.2) is 0 Å². The van der Waals surface area contributed by atoms with Crippen LogP contribution in [0.25, 0.3) is 0 Å². The Kier molecular flexibility index (Phi) is 8.89. The fourth-order valence-corrected chi connectivity index (χ4v) is 1.94. The summed E-state index contributed by atoms with van der Waals surface area (Å²) >= 11 is 0. The van der Waals surface area contributed by atoms with E-state index in [0.717, 1.165) is 19.1 Å². The van der Waals surface area contributed by atoms with Crippen molar-refractivity contribution in [3.63, 3.8) is 0 Å². The summed E-state index contributed by atoms with van der Waals surface area (Å²) in [6, 6.07) is -1.46. The summed E-state index contributed by atoms with van der Waals surface area (Å²) in [6.45, 7) is 2.42. The van der Waals surface area contributed by atoms with Crippen LogP contribution in [-0.2, 0) is 14.8 Å². The van der Waals surface area contributed by atoms with Crippen LogP contribution in [0.4, 0.5) is 4.79 Å². The SMILES string of the molecule is CCCC[C@H](NC(=O)NCCCNS(C)(=O)=O)C(=O)O. The van der Waals surface area contributed by atoms with E-state index in [1.807, 2.05) is 6.92 Å². The Hall–Kier alpha value is -1.35. The first-order valence-electron chi connectivity index (χ1n) is 6.48. The highest BCUT2D eigenvalue weighted by atomic mass is 32.2. The Bertz CT molecular complexity index is 410. The van der Waals surface area contributed by atoms with Crippen molar-refractivity contribution in [2.75, 3.05) is 19.3 Å².